The van der Waals surface area contributed by atoms with Crippen molar-refractivity contribution in [2.24, 2.45) is 11.8 Å². The lowest BCUT2D eigenvalue weighted by Gasteiger charge is -2.13. The van der Waals surface area contributed by atoms with Crippen LogP contribution in [-0.2, 0) is 14.8 Å². The molecule has 1 N–H and O–H groups in total. The molecule has 0 aliphatic heterocycles. The van der Waals surface area contributed by atoms with E-state index in [-0.39, 0.29) is 12.5 Å². The van der Waals surface area contributed by atoms with E-state index in [1.54, 1.807) is 0 Å². The molecule has 0 heterocycles. The summed E-state index contributed by atoms with van der Waals surface area (Å²) < 4.78 is 23.1. The largest absolute Gasteiger partial charge is 0.355 e. The molecule has 2 atom stereocenters. The summed E-state index contributed by atoms with van der Waals surface area (Å²) >= 11 is 0. The topological polar surface area (TPSA) is 66.5 Å². The Kier molecular flexibility index (Phi) is 3.72. The van der Waals surface area contributed by atoms with Crippen LogP contribution in [0.2, 0.25) is 0 Å². The highest BCUT2D eigenvalue weighted by Crippen LogP contribution is 2.36. The maximum absolute atomic E-state index is 11.3. The van der Waals surface area contributed by atoms with E-state index in [0.29, 0.717) is 18.4 Å². The third kappa shape index (κ3) is 4.17. The molecular weight excluding hydrogens is 216 g/mol. The molecule has 1 saturated carbocycles. The van der Waals surface area contributed by atoms with E-state index >= 15 is 0 Å². The fourth-order valence-electron chi connectivity index (χ4n) is 1.30. The van der Waals surface area contributed by atoms with E-state index in [2.05, 4.69) is 12.2 Å². The first-order valence-electron chi connectivity index (χ1n) is 4.98. The van der Waals surface area contributed by atoms with Crippen molar-refractivity contribution in [2.45, 2.75) is 13.3 Å². The van der Waals surface area contributed by atoms with Crippen LogP contribution in [0.5, 0.6) is 0 Å². The SMILES string of the molecule is CC1CC1CNC(=O)CN(C)S(C)(=O)=O. The molecule has 0 radical (unpaired) electrons. The zero-order valence-electron chi connectivity index (χ0n) is 9.36. The second kappa shape index (κ2) is 4.49. The van der Waals surface area contributed by atoms with Gasteiger partial charge in [-0.3, -0.25) is 4.79 Å². The van der Waals surface area contributed by atoms with E-state index in [0.717, 1.165) is 17.0 Å². The second-order valence-corrected chi connectivity index (χ2v) is 6.39. The van der Waals surface area contributed by atoms with E-state index in [1.165, 1.54) is 7.05 Å². The predicted molar refractivity (Wildman–Crippen MR) is 57.8 cm³/mol. The van der Waals surface area contributed by atoms with Crippen molar-refractivity contribution < 1.29 is 13.2 Å². The Hall–Kier alpha value is -0.620. The quantitative estimate of drug-likeness (QED) is 0.707. The van der Waals surface area contributed by atoms with Crippen molar-refractivity contribution in [1.29, 1.82) is 0 Å². The molecule has 0 bridgehead atoms. The van der Waals surface area contributed by atoms with Crippen molar-refractivity contribution >= 4 is 15.9 Å². The van der Waals surface area contributed by atoms with Crippen LogP contribution >= 0.6 is 0 Å². The number of carbonyl (C=O) groups excluding carboxylic acids is 1. The van der Waals surface area contributed by atoms with Gasteiger partial charge in [0.15, 0.2) is 0 Å². The molecule has 0 saturated heterocycles. The van der Waals surface area contributed by atoms with Crippen LogP contribution in [0.3, 0.4) is 0 Å². The summed E-state index contributed by atoms with van der Waals surface area (Å²) in [5.41, 5.74) is 0. The Balaban J connectivity index is 2.24. The normalized spacial score (nSPS) is 25.3. The number of rotatable bonds is 5. The molecule has 5 nitrogen and oxygen atoms in total. The van der Waals surface area contributed by atoms with Gasteiger partial charge in [-0.15, -0.1) is 0 Å². The van der Waals surface area contributed by atoms with Gasteiger partial charge in [0.1, 0.15) is 0 Å². The monoisotopic (exact) mass is 234 g/mol. The van der Waals surface area contributed by atoms with Crippen molar-refractivity contribution in [3.63, 3.8) is 0 Å². The van der Waals surface area contributed by atoms with Crippen molar-refractivity contribution in [3.05, 3.63) is 0 Å². The first kappa shape index (κ1) is 12.4. The highest BCUT2D eigenvalue weighted by Gasteiger charge is 2.32. The Labute approximate surface area is 90.9 Å². The summed E-state index contributed by atoms with van der Waals surface area (Å²) in [6, 6.07) is 0. The molecule has 15 heavy (non-hydrogen) atoms. The molecule has 6 heteroatoms. The average Bonchev–Trinajstić information content (AvgIpc) is 2.77. The third-order valence-corrected chi connectivity index (χ3v) is 4.03. The maximum atomic E-state index is 11.3. The lowest BCUT2D eigenvalue weighted by Crippen LogP contribution is -2.38. The fourth-order valence-corrected chi connectivity index (χ4v) is 1.66. The molecule has 88 valence electrons. The van der Waals surface area contributed by atoms with Crippen LogP contribution in [0.25, 0.3) is 0 Å². The Morgan fingerprint density at radius 1 is 1.53 bits per heavy atom. The third-order valence-electron chi connectivity index (χ3n) is 2.77. The molecule has 0 spiro atoms. The minimum absolute atomic E-state index is 0.0973. The van der Waals surface area contributed by atoms with E-state index in [1.807, 2.05) is 0 Å². The number of nitrogens with one attached hydrogen (secondary N) is 1. The van der Waals surface area contributed by atoms with Crippen molar-refractivity contribution in [1.82, 2.24) is 9.62 Å². The zero-order chi connectivity index (χ0) is 11.6. The van der Waals surface area contributed by atoms with Gasteiger partial charge in [-0.25, -0.2) is 8.42 Å². The lowest BCUT2D eigenvalue weighted by atomic mass is 10.3. The molecule has 1 rings (SSSR count). The minimum atomic E-state index is -3.26. The van der Waals surface area contributed by atoms with Crippen molar-refractivity contribution in [3.8, 4) is 0 Å². The molecule has 1 aliphatic carbocycles. The standard InChI is InChI=1S/C9H18N2O3S/c1-7-4-8(7)5-10-9(12)6-11(2)15(3,13)14/h7-8H,4-6H2,1-3H3,(H,10,12). The van der Waals surface area contributed by atoms with E-state index in [4.69, 9.17) is 0 Å². The average molecular weight is 234 g/mol. The first-order valence-corrected chi connectivity index (χ1v) is 6.83. The van der Waals surface area contributed by atoms with Gasteiger partial charge >= 0.3 is 0 Å². The summed E-state index contributed by atoms with van der Waals surface area (Å²) in [5, 5.41) is 2.73. The van der Waals surface area contributed by atoms with Crippen LogP contribution in [0.4, 0.5) is 0 Å². The molecule has 2 unspecified atom stereocenters. The van der Waals surface area contributed by atoms with Gasteiger partial charge < -0.3 is 5.32 Å². The maximum Gasteiger partial charge on any atom is 0.235 e. The van der Waals surface area contributed by atoms with Crippen LogP contribution in [-0.4, -0.2) is 45.0 Å². The van der Waals surface area contributed by atoms with Gasteiger partial charge in [-0.2, -0.15) is 4.31 Å². The van der Waals surface area contributed by atoms with Gasteiger partial charge in [-0.05, 0) is 18.3 Å². The van der Waals surface area contributed by atoms with Crippen LogP contribution in [0.15, 0.2) is 0 Å². The predicted octanol–water partition coefficient (Wildman–Crippen LogP) is -0.350. The number of hydrogen-bond donors (Lipinski definition) is 1. The smallest absolute Gasteiger partial charge is 0.235 e. The molecule has 0 aromatic rings. The summed E-state index contributed by atoms with van der Waals surface area (Å²) in [6.07, 6.45) is 2.24. The first-order chi connectivity index (χ1) is 6.80. The highest BCUT2D eigenvalue weighted by molar-refractivity contribution is 7.88. The summed E-state index contributed by atoms with van der Waals surface area (Å²) in [6.45, 7) is 2.71. The molecular formula is C9H18N2O3S. The fraction of sp³-hybridized carbons (Fsp3) is 0.889. The number of likely N-dealkylation sites (N-methyl/N-ethyl adjacent to an activating group) is 1. The van der Waals surface area contributed by atoms with Crippen LogP contribution < -0.4 is 5.32 Å². The zero-order valence-corrected chi connectivity index (χ0v) is 10.2. The molecule has 1 amide bonds. The van der Waals surface area contributed by atoms with E-state index in [9.17, 15) is 13.2 Å². The van der Waals surface area contributed by atoms with E-state index < -0.39 is 10.0 Å². The van der Waals surface area contributed by atoms with Gasteiger partial charge in [0.2, 0.25) is 15.9 Å². The summed E-state index contributed by atoms with van der Waals surface area (Å²) in [4.78, 5) is 11.3. The van der Waals surface area contributed by atoms with Crippen LogP contribution in [0, 0.1) is 11.8 Å². The molecule has 0 aromatic carbocycles. The second-order valence-electron chi connectivity index (χ2n) is 4.30. The summed E-state index contributed by atoms with van der Waals surface area (Å²) in [5.74, 6) is 1.04. The molecule has 1 aliphatic rings. The van der Waals surface area contributed by atoms with Gasteiger partial charge in [0, 0.05) is 13.6 Å². The Morgan fingerprint density at radius 3 is 2.47 bits per heavy atom. The Morgan fingerprint density at radius 2 is 2.07 bits per heavy atom. The minimum Gasteiger partial charge on any atom is -0.355 e. The molecule has 0 aromatic heterocycles. The van der Waals surface area contributed by atoms with Crippen molar-refractivity contribution in [2.75, 3.05) is 26.4 Å². The highest BCUT2D eigenvalue weighted by atomic mass is 32.2. The lowest BCUT2D eigenvalue weighted by molar-refractivity contribution is -0.121. The number of carbonyl (C=O) groups is 1. The number of hydrogen-bond acceptors (Lipinski definition) is 3. The Bertz CT molecular complexity index is 339. The number of amides is 1. The van der Waals surface area contributed by atoms with Gasteiger partial charge in [0.25, 0.3) is 0 Å². The van der Waals surface area contributed by atoms with Gasteiger partial charge in [-0.1, -0.05) is 6.92 Å². The number of sulfonamides is 1. The van der Waals surface area contributed by atoms with Crippen LogP contribution in [0.1, 0.15) is 13.3 Å². The van der Waals surface area contributed by atoms with Gasteiger partial charge in [0.05, 0.1) is 12.8 Å². The summed E-state index contributed by atoms with van der Waals surface area (Å²) in [7, 11) is -1.86. The number of nitrogens with zero attached hydrogens (tertiary/aromatic N) is 1. The molecule has 1 fully saturated rings.